The number of carboxylic acid groups (broad SMARTS) is 1. The molecule has 0 bridgehead atoms. The monoisotopic (exact) mass is 682 g/mol. The van der Waals surface area contributed by atoms with E-state index in [2.05, 4.69) is 15.4 Å². The number of nitrogens with one attached hydrogen (secondary N) is 2. The number of rotatable bonds is 12. The largest absolute Gasteiger partial charge is 0.493 e. The molecular weight excluding hydrogens is 644 g/mol. The number of anilines is 2. The second-order valence-corrected chi connectivity index (χ2v) is 13.8. The van der Waals surface area contributed by atoms with Crippen LogP contribution in [0.1, 0.15) is 53.8 Å². The number of carbonyl (C=O) groups is 4. The molecule has 48 heavy (non-hydrogen) atoms. The molecule has 0 unspecified atom stereocenters. The molecule has 0 spiro atoms. The Kier molecular flexibility index (Phi) is 10.8. The van der Waals surface area contributed by atoms with Crippen molar-refractivity contribution in [1.82, 2.24) is 4.90 Å². The molecule has 4 rings (SSSR count). The Morgan fingerprint density at radius 1 is 0.938 bits per heavy atom. The van der Waals surface area contributed by atoms with Gasteiger partial charge in [0.2, 0.25) is 11.8 Å². The third-order valence-electron chi connectivity index (χ3n) is 8.13. The summed E-state index contributed by atoms with van der Waals surface area (Å²) < 4.78 is 42.8. The first-order valence-electron chi connectivity index (χ1n) is 14.9. The number of primary amides is 1. The predicted molar refractivity (Wildman–Crippen MR) is 176 cm³/mol. The highest BCUT2D eigenvalue weighted by Gasteiger charge is 2.46. The number of likely N-dealkylation sites (tertiary alicyclic amines) is 1. The molecule has 1 saturated heterocycles. The van der Waals surface area contributed by atoms with Crippen molar-refractivity contribution in [3.05, 3.63) is 77.4 Å². The quantitative estimate of drug-likeness (QED) is 0.215. The summed E-state index contributed by atoms with van der Waals surface area (Å²) in [5.41, 5.74) is 6.60. The Morgan fingerprint density at radius 2 is 1.65 bits per heavy atom. The molecule has 3 atom stereocenters. The molecule has 15 heteroatoms. The van der Waals surface area contributed by atoms with Crippen molar-refractivity contribution in [3.63, 3.8) is 0 Å². The van der Waals surface area contributed by atoms with E-state index in [1.165, 1.54) is 63.3 Å². The molecular formula is C33H38N4O10S. The number of nitrogens with zero attached hydrogens (tertiary/aromatic N) is 1. The van der Waals surface area contributed by atoms with Gasteiger partial charge in [-0.2, -0.15) is 0 Å². The highest BCUT2D eigenvalue weighted by atomic mass is 32.2. The molecule has 3 amide bonds. The fourth-order valence-corrected chi connectivity index (χ4v) is 6.91. The summed E-state index contributed by atoms with van der Waals surface area (Å²) in [5, 5.41) is 15.1. The number of carbonyl (C=O) groups excluding carboxylic acids is 3. The van der Waals surface area contributed by atoms with Crippen molar-refractivity contribution in [2.75, 3.05) is 38.5 Å². The molecule has 0 radical (unpaired) electrons. The summed E-state index contributed by atoms with van der Waals surface area (Å²) in [6.07, 6.45) is -0.817. The van der Waals surface area contributed by atoms with Crippen molar-refractivity contribution < 1.29 is 46.9 Å². The number of hydrogen-bond acceptors (Lipinski definition) is 10. The first kappa shape index (κ1) is 35.5. The zero-order valence-corrected chi connectivity index (χ0v) is 27.9. The van der Waals surface area contributed by atoms with Crippen molar-refractivity contribution >= 4 is 45.1 Å². The maximum absolute atomic E-state index is 14.7. The van der Waals surface area contributed by atoms with E-state index in [0.717, 1.165) is 7.11 Å². The Balaban J connectivity index is 1.92. The zero-order valence-electron chi connectivity index (χ0n) is 27.1. The summed E-state index contributed by atoms with van der Waals surface area (Å²) in [6, 6.07) is 12.6. The van der Waals surface area contributed by atoms with E-state index in [-0.39, 0.29) is 34.7 Å². The molecule has 0 aromatic heterocycles. The molecule has 1 heterocycles. The van der Waals surface area contributed by atoms with Crippen molar-refractivity contribution in [1.29, 1.82) is 0 Å². The topological polar surface area (TPSA) is 204 Å². The molecule has 5 N–H and O–H groups in total. The molecule has 1 aliphatic heterocycles. The fraction of sp³-hybridized carbons (Fsp3) is 0.333. The van der Waals surface area contributed by atoms with Crippen LogP contribution in [0.2, 0.25) is 0 Å². The van der Waals surface area contributed by atoms with Crippen LogP contribution >= 0.6 is 0 Å². The zero-order chi connectivity index (χ0) is 35.3. The van der Waals surface area contributed by atoms with Gasteiger partial charge >= 0.3 is 12.1 Å². The van der Waals surface area contributed by atoms with Gasteiger partial charge < -0.3 is 35.3 Å². The maximum atomic E-state index is 14.7. The summed E-state index contributed by atoms with van der Waals surface area (Å²) in [4.78, 5) is 52.6. The molecule has 0 aliphatic carbocycles. The Labute approximate surface area is 278 Å². The van der Waals surface area contributed by atoms with Crippen LogP contribution in [0.15, 0.2) is 65.6 Å². The van der Waals surface area contributed by atoms with Gasteiger partial charge in [0.1, 0.15) is 6.04 Å². The molecule has 1 aliphatic rings. The van der Waals surface area contributed by atoms with Gasteiger partial charge in [0.05, 0.1) is 43.4 Å². The molecule has 256 valence electrons. The lowest BCUT2D eigenvalue weighted by atomic mass is 9.92. The lowest BCUT2D eigenvalue weighted by molar-refractivity contribution is -0.143. The van der Waals surface area contributed by atoms with E-state index in [1.807, 2.05) is 0 Å². The van der Waals surface area contributed by atoms with E-state index in [0.29, 0.717) is 22.7 Å². The van der Waals surface area contributed by atoms with Gasteiger partial charge in [0.25, 0.3) is 0 Å². The molecule has 1 fully saturated rings. The van der Waals surface area contributed by atoms with Crippen molar-refractivity contribution in [2.45, 2.75) is 42.5 Å². The molecule has 0 saturated carbocycles. The minimum Gasteiger partial charge on any atom is -0.493 e. The van der Waals surface area contributed by atoms with Crippen molar-refractivity contribution in [3.8, 4) is 11.5 Å². The number of ether oxygens (including phenoxy) is 3. The average molecular weight is 683 g/mol. The van der Waals surface area contributed by atoms with Crippen LogP contribution in [0.25, 0.3) is 0 Å². The first-order valence-corrected chi connectivity index (χ1v) is 16.4. The minimum absolute atomic E-state index is 0.0113. The third-order valence-corrected chi connectivity index (χ3v) is 10.4. The van der Waals surface area contributed by atoms with E-state index in [4.69, 9.17) is 15.2 Å². The highest BCUT2D eigenvalue weighted by Crippen LogP contribution is 2.44. The number of methoxy groups -OCH3 is 3. The van der Waals surface area contributed by atoms with Gasteiger partial charge in [-0.25, -0.2) is 13.2 Å². The Morgan fingerprint density at radius 3 is 2.25 bits per heavy atom. The van der Waals surface area contributed by atoms with Gasteiger partial charge in [-0.1, -0.05) is 12.1 Å². The normalized spacial score (nSPS) is 16.6. The summed E-state index contributed by atoms with van der Waals surface area (Å²) in [6.45, 7) is 2.94. The number of aliphatic carboxylic acids is 1. The van der Waals surface area contributed by atoms with E-state index < -0.39 is 57.0 Å². The van der Waals surface area contributed by atoms with E-state index in [1.54, 1.807) is 30.3 Å². The third kappa shape index (κ3) is 7.30. The van der Waals surface area contributed by atoms with Gasteiger partial charge in [-0.15, -0.1) is 0 Å². The second-order valence-electron chi connectivity index (χ2n) is 11.3. The van der Waals surface area contributed by atoms with Gasteiger partial charge in [-0.05, 0) is 79.9 Å². The van der Waals surface area contributed by atoms with E-state index in [9.17, 15) is 32.7 Å². The number of hydrogen-bond donors (Lipinski definition) is 4. The summed E-state index contributed by atoms with van der Waals surface area (Å²) in [5.74, 6) is -3.01. The van der Waals surface area contributed by atoms with Gasteiger partial charge in [0.15, 0.2) is 21.3 Å². The van der Waals surface area contributed by atoms with Crippen LogP contribution in [0.4, 0.5) is 16.2 Å². The minimum atomic E-state index is -4.01. The SMILES string of the molecule is COC(=O)Nc1ccc(S(=O)(=O)C(C)C)c([C@H]2[C@@H](C(=O)O)CCN2C(=O)[C@@H](Nc2cccc(C(N)=O)c2)c2ccc(OC)c(OC)c2)c1. The van der Waals surface area contributed by atoms with Crippen LogP contribution in [0.5, 0.6) is 11.5 Å². The lowest BCUT2D eigenvalue weighted by Crippen LogP contribution is -2.40. The van der Waals surface area contributed by atoms with Gasteiger partial charge in [-0.3, -0.25) is 19.7 Å². The Bertz CT molecular complexity index is 1830. The van der Waals surface area contributed by atoms with Crippen molar-refractivity contribution in [2.24, 2.45) is 11.7 Å². The van der Waals surface area contributed by atoms with Crippen LogP contribution < -0.4 is 25.8 Å². The Hall–Kier alpha value is -5.31. The summed E-state index contributed by atoms with van der Waals surface area (Å²) >= 11 is 0. The van der Waals surface area contributed by atoms with Gasteiger partial charge in [0, 0.05) is 23.5 Å². The average Bonchev–Trinajstić information content (AvgIpc) is 3.52. The number of benzene rings is 3. The first-order chi connectivity index (χ1) is 22.7. The van der Waals surface area contributed by atoms with Crippen LogP contribution in [-0.2, 0) is 24.2 Å². The number of sulfone groups is 1. The summed E-state index contributed by atoms with van der Waals surface area (Å²) in [7, 11) is 0.0412. The highest BCUT2D eigenvalue weighted by molar-refractivity contribution is 7.92. The lowest BCUT2D eigenvalue weighted by Gasteiger charge is -2.33. The number of carboxylic acids is 1. The fourth-order valence-electron chi connectivity index (χ4n) is 5.64. The van der Waals surface area contributed by atoms with Crippen LogP contribution in [-0.4, -0.2) is 75.4 Å². The number of amides is 3. The maximum Gasteiger partial charge on any atom is 0.411 e. The standard InChI is InChI=1S/C33H38N4O10S/c1-18(2)48(43,44)27-12-10-22(36-33(42)47-5)17-24(27)29-23(32(40)41)13-14-37(29)31(39)28(19-9-11-25(45-3)26(16-19)46-4)35-21-8-6-7-20(15-21)30(34)38/h6-12,15-18,23,28-29,35H,13-14H2,1-5H3,(H2,34,38)(H,36,42)(H,40,41)/t23-,28-,29+/m0/s1. The molecule has 3 aromatic rings. The molecule has 3 aromatic carbocycles. The number of nitrogens with two attached hydrogens (primary N) is 1. The second kappa shape index (κ2) is 14.6. The smallest absolute Gasteiger partial charge is 0.411 e. The predicted octanol–water partition coefficient (Wildman–Crippen LogP) is 3.99. The van der Waals surface area contributed by atoms with Crippen LogP contribution in [0, 0.1) is 5.92 Å². The van der Waals surface area contributed by atoms with Crippen LogP contribution in [0.3, 0.4) is 0 Å². The molecule has 14 nitrogen and oxygen atoms in total. The van der Waals surface area contributed by atoms with E-state index >= 15 is 0 Å².